The Morgan fingerprint density at radius 2 is 1.75 bits per heavy atom. The summed E-state index contributed by atoms with van der Waals surface area (Å²) >= 11 is 6.21. The standard InChI is InChI=1S/C24H24ClNO2/c1-4-27-24-14-19(15-26-22-11-9-17(2)13-18(22)3)10-12-23(24)28-16-20-7-5-6-8-21(20)25/h5-15H,4,16H2,1-3H3. The van der Waals surface area contributed by atoms with Gasteiger partial charge in [0.05, 0.1) is 12.3 Å². The van der Waals surface area contributed by atoms with Gasteiger partial charge in [-0.15, -0.1) is 0 Å². The predicted octanol–water partition coefficient (Wildman–Crippen LogP) is 6.69. The van der Waals surface area contributed by atoms with Gasteiger partial charge in [0, 0.05) is 16.8 Å². The molecule has 28 heavy (non-hydrogen) atoms. The van der Waals surface area contributed by atoms with Crippen LogP contribution in [0.25, 0.3) is 0 Å². The molecule has 144 valence electrons. The molecule has 0 saturated carbocycles. The van der Waals surface area contributed by atoms with E-state index in [2.05, 4.69) is 31.0 Å². The number of ether oxygens (including phenoxy) is 2. The van der Waals surface area contributed by atoms with Crippen molar-refractivity contribution in [3.63, 3.8) is 0 Å². The van der Waals surface area contributed by atoms with Gasteiger partial charge in [0.1, 0.15) is 6.61 Å². The van der Waals surface area contributed by atoms with Crippen molar-refractivity contribution >= 4 is 23.5 Å². The van der Waals surface area contributed by atoms with Crippen molar-refractivity contribution in [1.82, 2.24) is 0 Å². The molecule has 0 radical (unpaired) electrons. The van der Waals surface area contributed by atoms with Crippen LogP contribution in [0, 0.1) is 13.8 Å². The number of rotatable bonds is 7. The average Bonchev–Trinajstić information content (AvgIpc) is 2.68. The highest BCUT2D eigenvalue weighted by Gasteiger charge is 2.08. The lowest BCUT2D eigenvalue weighted by atomic mass is 10.1. The van der Waals surface area contributed by atoms with Crippen LogP contribution >= 0.6 is 11.6 Å². The Labute approximate surface area is 171 Å². The molecule has 0 heterocycles. The topological polar surface area (TPSA) is 30.8 Å². The zero-order valence-electron chi connectivity index (χ0n) is 16.4. The van der Waals surface area contributed by atoms with Crippen LogP contribution in [0.3, 0.4) is 0 Å². The van der Waals surface area contributed by atoms with Crippen molar-refractivity contribution in [3.8, 4) is 11.5 Å². The first-order valence-corrected chi connectivity index (χ1v) is 9.69. The molecule has 0 aliphatic heterocycles. The fraction of sp³-hybridized carbons (Fsp3) is 0.208. The Morgan fingerprint density at radius 1 is 0.929 bits per heavy atom. The number of halogens is 1. The summed E-state index contributed by atoms with van der Waals surface area (Å²) in [5.74, 6) is 1.38. The molecule has 3 nitrogen and oxygen atoms in total. The first-order valence-electron chi connectivity index (χ1n) is 9.31. The first-order chi connectivity index (χ1) is 13.6. The van der Waals surface area contributed by atoms with E-state index in [-0.39, 0.29) is 0 Å². The average molecular weight is 394 g/mol. The molecule has 3 aromatic rings. The molecule has 3 rings (SSSR count). The minimum Gasteiger partial charge on any atom is -0.490 e. The van der Waals surface area contributed by atoms with E-state index < -0.39 is 0 Å². The Balaban J connectivity index is 1.78. The summed E-state index contributed by atoms with van der Waals surface area (Å²) in [6.07, 6.45) is 1.85. The molecule has 0 atom stereocenters. The van der Waals surface area contributed by atoms with Crippen molar-refractivity contribution in [2.45, 2.75) is 27.4 Å². The molecule has 0 bridgehead atoms. The van der Waals surface area contributed by atoms with Crippen molar-refractivity contribution in [2.24, 2.45) is 4.99 Å². The van der Waals surface area contributed by atoms with E-state index in [0.29, 0.717) is 29.7 Å². The first kappa shape index (κ1) is 20.0. The number of nitrogens with zero attached hydrogens (tertiary/aromatic N) is 1. The lowest BCUT2D eigenvalue weighted by molar-refractivity contribution is 0.269. The SMILES string of the molecule is CCOc1cc(C=Nc2ccc(C)cc2C)ccc1OCc1ccccc1Cl. The van der Waals surface area contributed by atoms with E-state index in [4.69, 9.17) is 21.1 Å². The van der Waals surface area contributed by atoms with E-state index in [9.17, 15) is 0 Å². The van der Waals surface area contributed by atoms with E-state index in [1.807, 2.05) is 61.7 Å². The summed E-state index contributed by atoms with van der Waals surface area (Å²) in [7, 11) is 0. The van der Waals surface area contributed by atoms with E-state index >= 15 is 0 Å². The van der Waals surface area contributed by atoms with Crippen LogP contribution in [0.1, 0.15) is 29.2 Å². The van der Waals surface area contributed by atoms with Crippen LogP contribution in [0.2, 0.25) is 5.02 Å². The zero-order chi connectivity index (χ0) is 19.9. The smallest absolute Gasteiger partial charge is 0.161 e. The van der Waals surface area contributed by atoms with Crippen LogP contribution in [0.4, 0.5) is 5.69 Å². The van der Waals surface area contributed by atoms with Crippen LogP contribution in [-0.4, -0.2) is 12.8 Å². The molecular weight excluding hydrogens is 370 g/mol. The molecule has 0 N–H and O–H groups in total. The van der Waals surface area contributed by atoms with Gasteiger partial charge in [-0.25, -0.2) is 0 Å². The van der Waals surface area contributed by atoms with E-state index in [1.54, 1.807) is 0 Å². The Bertz CT molecular complexity index is 982. The Kier molecular flexibility index (Phi) is 6.72. The summed E-state index contributed by atoms with van der Waals surface area (Å²) in [6.45, 7) is 7.04. The second-order valence-electron chi connectivity index (χ2n) is 6.57. The molecule has 0 aliphatic rings. The minimum absolute atomic E-state index is 0.385. The van der Waals surface area contributed by atoms with Crippen LogP contribution in [-0.2, 0) is 6.61 Å². The van der Waals surface area contributed by atoms with Crippen molar-refractivity contribution in [1.29, 1.82) is 0 Å². The largest absolute Gasteiger partial charge is 0.490 e. The second kappa shape index (κ2) is 9.43. The predicted molar refractivity (Wildman–Crippen MR) is 117 cm³/mol. The highest BCUT2D eigenvalue weighted by atomic mass is 35.5. The minimum atomic E-state index is 0.385. The number of benzene rings is 3. The van der Waals surface area contributed by atoms with Gasteiger partial charge in [-0.3, -0.25) is 4.99 Å². The zero-order valence-corrected chi connectivity index (χ0v) is 17.2. The van der Waals surface area contributed by atoms with Crippen LogP contribution < -0.4 is 9.47 Å². The summed E-state index contributed by atoms with van der Waals surface area (Å²) < 4.78 is 11.7. The molecule has 0 spiro atoms. The maximum atomic E-state index is 6.21. The molecule has 0 unspecified atom stereocenters. The van der Waals surface area contributed by atoms with Gasteiger partial charge < -0.3 is 9.47 Å². The van der Waals surface area contributed by atoms with Gasteiger partial charge in [0.2, 0.25) is 0 Å². The highest BCUT2D eigenvalue weighted by molar-refractivity contribution is 6.31. The molecule has 0 aromatic heterocycles. The fourth-order valence-electron chi connectivity index (χ4n) is 2.86. The van der Waals surface area contributed by atoms with Crippen LogP contribution in [0.15, 0.2) is 65.7 Å². The van der Waals surface area contributed by atoms with Crippen molar-refractivity contribution in [3.05, 3.63) is 87.9 Å². The summed E-state index contributed by atoms with van der Waals surface area (Å²) in [5.41, 5.74) is 5.24. The number of aliphatic imine (C=N–C) groups is 1. The van der Waals surface area contributed by atoms with Crippen molar-refractivity contribution in [2.75, 3.05) is 6.61 Å². The molecule has 0 aliphatic carbocycles. The summed E-state index contributed by atoms with van der Waals surface area (Å²) in [6, 6.07) is 19.7. The number of aryl methyl sites for hydroxylation is 2. The van der Waals surface area contributed by atoms with Gasteiger partial charge in [0.15, 0.2) is 11.5 Å². The van der Waals surface area contributed by atoms with Crippen molar-refractivity contribution < 1.29 is 9.47 Å². The third kappa shape index (κ3) is 5.14. The molecule has 0 amide bonds. The van der Waals surface area contributed by atoms with Crippen LogP contribution in [0.5, 0.6) is 11.5 Å². The summed E-state index contributed by atoms with van der Waals surface area (Å²) in [5, 5.41) is 0.692. The lowest BCUT2D eigenvalue weighted by Crippen LogP contribution is -2.01. The number of hydrogen-bond donors (Lipinski definition) is 0. The monoisotopic (exact) mass is 393 g/mol. The van der Waals surface area contributed by atoms with Gasteiger partial charge in [-0.1, -0.05) is 47.5 Å². The maximum absolute atomic E-state index is 6.21. The third-order valence-electron chi connectivity index (χ3n) is 4.31. The van der Waals surface area contributed by atoms with Gasteiger partial charge in [-0.05, 0) is 62.2 Å². The molecule has 0 fully saturated rings. The lowest BCUT2D eigenvalue weighted by Gasteiger charge is -2.13. The Hall–Kier alpha value is -2.78. The van der Waals surface area contributed by atoms with Gasteiger partial charge in [0.25, 0.3) is 0 Å². The molecule has 4 heteroatoms. The van der Waals surface area contributed by atoms with E-state index in [1.165, 1.54) is 5.56 Å². The van der Waals surface area contributed by atoms with Gasteiger partial charge in [-0.2, -0.15) is 0 Å². The van der Waals surface area contributed by atoms with Gasteiger partial charge >= 0.3 is 0 Å². The summed E-state index contributed by atoms with van der Waals surface area (Å²) in [4.78, 5) is 4.61. The number of hydrogen-bond acceptors (Lipinski definition) is 3. The maximum Gasteiger partial charge on any atom is 0.161 e. The molecule has 3 aromatic carbocycles. The quantitative estimate of drug-likeness (QED) is 0.419. The fourth-order valence-corrected chi connectivity index (χ4v) is 3.05. The molecule has 0 saturated heterocycles. The molecular formula is C24H24ClNO2. The second-order valence-corrected chi connectivity index (χ2v) is 6.97. The third-order valence-corrected chi connectivity index (χ3v) is 4.68. The normalized spacial score (nSPS) is 11.0. The Morgan fingerprint density at radius 3 is 2.50 bits per heavy atom. The van der Waals surface area contributed by atoms with E-state index in [0.717, 1.165) is 22.4 Å². The highest BCUT2D eigenvalue weighted by Crippen LogP contribution is 2.30.